The molecule has 4 heteroatoms. The largest absolute Gasteiger partial charge is 0.444 e. The average Bonchev–Trinajstić information content (AvgIpc) is 2.64. The van der Waals surface area contributed by atoms with Crippen molar-refractivity contribution in [2.75, 3.05) is 7.05 Å². The fourth-order valence-electron chi connectivity index (χ4n) is 0.976. The maximum Gasteiger partial charge on any atom is 0.411 e. The molecule has 0 aliphatic heterocycles. The van der Waals surface area contributed by atoms with E-state index in [-0.39, 0.29) is 6.09 Å². The van der Waals surface area contributed by atoms with Crippen molar-refractivity contribution in [1.82, 2.24) is 4.90 Å². The molecule has 0 heterocycles. The fourth-order valence-corrected chi connectivity index (χ4v) is 0.976. The summed E-state index contributed by atoms with van der Waals surface area (Å²) in [6.45, 7) is 5.53. The summed E-state index contributed by atoms with van der Waals surface area (Å²) in [5.74, 6) is 0. The highest BCUT2D eigenvalue weighted by Crippen LogP contribution is 2.35. The number of carbonyl (C=O) groups is 1. The first-order valence-electron chi connectivity index (χ1n) is 4.50. The molecule has 1 amide bonds. The summed E-state index contributed by atoms with van der Waals surface area (Å²) in [5, 5.41) is 0. The van der Waals surface area contributed by atoms with Crippen LogP contribution in [0, 0.1) is 0 Å². The summed E-state index contributed by atoms with van der Waals surface area (Å²) in [7, 11) is 1.68. The Bertz CT molecular complexity index is 216. The Labute approximate surface area is 79.0 Å². The van der Waals surface area contributed by atoms with Crippen LogP contribution in [-0.4, -0.2) is 29.3 Å². The van der Waals surface area contributed by atoms with E-state index in [0.717, 1.165) is 12.8 Å². The Morgan fingerprint density at radius 3 is 2.23 bits per heavy atom. The smallest absolute Gasteiger partial charge is 0.411 e. The lowest BCUT2D eigenvalue weighted by molar-refractivity contribution is 0.0201. The van der Waals surface area contributed by atoms with Gasteiger partial charge in [0.25, 0.3) is 0 Å². The monoisotopic (exact) mass is 186 g/mol. The van der Waals surface area contributed by atoms with E-state index >= 15 is 0 Å². The van der Waals surface area contributed by atoms with Crippen LogP contribution in [0.4, 0.5) is 4.79 Å². The fraction of sp³-hybridized carbons (Fsp3) is 0.889. The van der Waals surface area contributed by atoms with Crippen LogP contribution in [-0.2, 0) is 4.74 Å². The van der Waals surface area contributed by atoms with Gasteiger partial charge in [0.2, 0.25) is 0 Å². The maximum atomic E-state index is 11.5. The highest BCUT2D eigenvalue weighted by molar-refractivity contribution is 5.69. The second-order valence-corrected chi connectivity index (χ2v) is 4.64. The van der Waals surface area contributed by atoms with Gasteiger partial charge in [-0.25, -0.2) is 4.79 Å². The van der Waals surface area contributed by atoms with Gasteiger partial charge in [-0.05, 0) is 33.6 Å². The lowest BCUT2D eigenvalue weighted by Gasteiger charge is -2.28. The van der Waals surface area contributed by atoms with E-state index in [1.165, 1.54) is 4.90 Å². The van der Waals surface area contributed by atoms with Gasteiger partial charge < -0.3 is 10.5 Å². The first-order valence-corrected chi connectivity index (χ1v) is 4.50. The van der Waals surface area contributed by atoms with Gasteiger partial charge in [0.1, 0.15) is 5.60 Å². The van der Waals surface area contributed by atoms with Gasteiger partial charge in [-0.15, -0.1) is 0 Å². The lowest BCUT2D eigenvalue weighted by atomic mass is 10.2. The Hall–Kier alpha value is -0.770. The Kier molecular flexibility index (Phi) is 2.28. The van der Waals surface area contributed by atoms with E-state index in [0.29, 0.717) is 0 Å². The summed E-state index contributed by atoms with van der Waals surface area (Å²) in [4.78, 5) is 13.0. The van der Waals surface area contributed by atoms with Gasteiger partial charge >= 0.3 is 6.09 Å². The minimum Gasteiger partial charge on any atom is -0.444 e. The minimum absolute atomic E-state index is 0.340. The zero-order valence-corrected chi connectivity index (χ0v) is 8.76. The van der Waals surface area contributed by atoms with Gasteiger partial charge in [0.15, 0.2) is 0 Å². The molecule has 0 aromatic rings. The zero-order chi connectivity index (χ0) is 10.3. The highest BCUT2D eigenvalue weighted by Gasteiger charge is 2.46. The number of amides is 1. The predicted molar refractivity (Wildman–Crippen MR) is 50.1 cm³/mol. The van der Waals surface area contributed by atoms with Crippen molar-refractivity contribution >= 4 is 6.09 Å². The van der Waals surface area contributed by atoms with Gasteiger partial charge in [0.05, 0.1) is 5.66 Å². The number of hydrogen-bond donors (Lipinski definition) is 1. The second kappa shape index (κ2) is 2.87. The first-order chi connectivity index (χ1) is 5.75. The van der Waals surface area contributed by atoms with Gasteiger partial charge in [-0.1, -0.05) is 0 Å². The van der Waals surface area contributed by atoms with Crippen LogP contribution in [0.1, 0.15) is 33.6 Å². The third kappa shape index (κ3) is 2.59. The predicted octanol–water partition coefficient (Wildman–Crippen LogP) is 1.30. The SMILES string of the molecule is CN(C(=O)OC(C)(C)C)C1(N)CC1. The normalized spacial score (nSPS) is 19.5. The molecule has 2 N–H and O–H groups in total. The molecule has 0 atom stereocenters. The molecule has 1 rings (SSSR count). The van der Waals surface area contributed by atoms with Crippen LogP contribution in [0.5, 0.6) is 0 Å². The van der Waals surface area contributed by atoms with Crippen molar-refractivity contribution in [1.29, 1.82) is 0 Å². The van der Waals surface area contributed by atoms with Crippen LogP contribution in [0.25, 0.3) is 0 Å². The van der Waals surface area contributed by atoms with Crippen molar-refractivity contribution in [3.05, 3.63) is 0 Å². The number of nitrogens with zero attached hydrogens (tertiary/aromatic N) is 1. The zero-order valence-electron chi connectivity index (χ0n) is 8.76. The summed E-state index contributed by atoms with van der Waals surface area (Å²) < 4.78 is 5.17. The molecule has 0 saturated heterocycles. The van der Waals surface area contributed by atoms with Crippen molar-refractivity contribution in [2.24, 2.45) is 5.73 Å². The van der Waals surface area contributed by atoms with E-state index in [2.05, 4.69) is 0 Å². The molecule has 1 aliphatic carbocycles. The van der Waals surface area contributed by atoms with Crippen LogP contribution >= 0.6 is 0 Å². The van der Waals surface area contributed by atoms with Crippen molar-refractivity contribution < 1.29 is 9.53 Å². The Morgan fingerprint density at radius 2 is 1.92 bits per heavy atom. The summed E-state index contributed by atoms with van der Waals surface area (Å²) in [5.41, 5.74) is 4.94. The molecule has 4 nitrogen and oxygen atoms in total. The Balaban J connectivity index is 2.49. The van der Waals surface area contributed by atoms with E-state index in [4.69, 9.17) is 10.5 Å². The van der Waals surface area contributed by atoms with E-state index in [9.17, 15) is 4.79 Å². The number of rotatable bonds is 1. The van der Waals surface area contributed by atoms with Crippen molar-refractivity contribution in [3.63, 3.8) is 0 Å². The molecule has 0 unspecified atom stereocenters. The van der Waals surface area contributed by atoms with Crippen molar-refractivity contribution in [3.8, 4) is 0 Å². The average molecular weight is 186 g/mol. The molecular weight excluding hydrogens is 168 g/mol. The molecule has 0 aromatic carbocycles. The van der Waals surface area contributed by atoms with Crippen LogP contribution in [0.2, 0.25) is 0 Å². The second-order valence-electron chi connectivity index (χ2n) is 4.64. The van der Waals surface area contributed by atoms with Crippen LogP contribution < -0.4 is 5.73 Å². The number of carbonyl (C=O) groups excluding carboxylic acids is 1. The van der Waals surface area contributed by atoms with Gasteiger partial charge in [-0.3, -0.25) is 4.90 Å². The molecule has 0 bridgehead atoms. The first kappa shape index (κ1) is 10.3. The van der Waals surface area contributed by atoms with Gasteiger partial charge in [0, 0.05) is 7.05 Å². The highest BCUT2D eigenvalue weighted by atomic mass is 16.6. The molecule has 1 aliphatic rings. The Morgan fingerprint density at radius 1 is 1.46 bits per heavy atom. The standard InChI is InChI=1S/C9H18N2O2/c1-8(2,3)13-7(12)11(4)9(10)5-6-9/h5-6,10H2,1-4H3. The summed E-state index contributed by atoms with van der Waals surface area (Å²) in [6, 6.07) is 0. The molecule has 0 aromatic heterocycles. The van der Waals surface area contributed by atoms with E-state index in [1.54, 1.807) is 7.05 Å². The number of nitrogens with two attached hydrogens (primary N) is 1. The van der Waals surface area contributed by atoms with E-state index in [1.807, 2.05) is 20.8 Å². The maximum absolute atomic E-state index is 11.5. The van der Waals surface area contributed by atoms with Gasteiger partial charge in [-0.2, -0.15) is 0 Å². The molecule has 76 valence electrons. The van der Waals surface area contributed by atoms with Crippen LogP contribution in [0.3, 0.4) is 0 Å². The lowest BCUT2D eigenvalue weighted by Crippen LogP contribution is -2.47. The third-order valence-corrected chi connectivity index (χ3v) is 2.10. The molecular formula is C9H18N2O2. The number of ether oxygens (including phenoxy) is 1. The molecule has 0 radical (unpaired) electrons. The summed E-state index contributed by atoms with van der Waals surface area (Å²) in [6.07, 6.45) is 1.39. The number of hydrogen-bond acceptors (Lipinski definition) is 3. The summed E-state index contributed by atoms with van der Waals surface area (Å²) >= 11 is 0. The topological polar surface area (TPSA) is 55.6 Å². The molecule has 1 fully saturated rings. The minimum atomic E-state index is -0.448. The van der Waals surface area contributed by atoms with Crippen LogP contribution in [0.15, 0.2) is 0 Å². The third-order valence-electron chi connectivity index (χ3n) is 2.10. The molecule has 0 spiro atoms. The molecule has 1 saturated carbocycles. The van der Waals surface area contributed by atoms with E-state index < -0.39 is 11.3 Å². The van der Waals surface area contributed by atoms with Crippen molar-refractivity contribution in [2.45, 2.75) is 44.9 Å². The molecule has 13 heavy (non-hydrogen) atoms. The quantitative estimate of drug-likeness (QED) is 0.628.